The minimum Gasteiger partial charge on any atom is -0.480 e. The molecular formula is C13H25NO2S. The van der Waals surface area contributed by atoms with E-state index in [0.717, 1.165) is 31.6 Å². The number of carboxylic acids is 1. The molecule has 1 saturated carbocycles. The zero-order valence-electron chi connectivity index (χ0n) is 11.0. The first kappa shape index (κ1) is 14.8. The van der Waals surface area contributed by atoms with Crippen molar-refractivity contribution in [2.75, 3.05) is 18.1 Å². The topological polar surface area (TPSA) is 49.3 Å². The van der Waals surface area contributed by atoms with Gasteiger partial charge in [-0.15, -0.1) is 0 Å². The van der Waals surface area contributed by atoms with E-state index in [1.54, 1.807) is 11.8 Å². The van der Waals surface area contributed by atoms with Gasteiger partial charge in [0.15, 0.2) is 0 Å². The number of nitrogens with one attached hydrogen (secondary N) is 1. The average Bonchev–Trinajstić information content (AvgIpc) is 3.12. The monoisotopic (exact) mass is 259 g/mol. The van der Waals surface area contributed by atoms with Crippen LogP contribution in [0.4, 0.5) is 0 Å². The molecule has 0 spiro atoms. The molecule has 0 heterocycles. The zero-order chi connectivity index (χ0) is 12.7. The molecule has 17 heavy (non-hydrogen) atoms. The third-order valence-corrected chi connectivity index (χ3v) is 4.56. The summed E-state index contributed by atoms with van der Waals surface area (Å²) in [6, 6.07) is 0. The summed E-state index contributed by atoms with van der Waals surface area (Å²) < 4.78 is 0. The fourth-order valence-corrected chi connectivity index (χ4v) is 3.45. The Hall–Kier alpha value is -0.220. The van der Waals surface area contributed by atoms with E-state index in [0.29, 0.717) is 11.7 Å². The van der Waals surface area contributed by atoms with Crippen molar-refractivity contribution in [2.45, 2.75) is 51.5 Å². The highest BCUT2D eigenvalue weighted by Crippen LogP contribution is 2.41. The fourth-order valence-electron chi connectivity index (χ4n) is 2.03. The molecule has 1 unspecified atom stereocenters. The number of carboxylic acid groups (broad SMARTS) is 1. The van der Waals surface area contributed by atoms with Gasteiger partial charge in [-0.2, -0.15) is 11.8 Å². The van der Waals surface area contributed by atoms with Crippen LogP contribution in [0.25, 0.3) is 0 Å². The van der Waals surface area contributed by atoms with Gasteiger partial charge in [0.25, 0.3) is 0 Å². The van der Waals surface area contributed by atoms with Gasteiger partial charge in [-0.05, 0) is 43.9 Å². The maximum absolute atomic E-state index is 11.6. The molecule has 1 rings (SSSR count). The second kappa shape index (κ2) is 7.27. The quantitative estimate of drug-likeness (QED) is 0.592. The van der Waals surface area contributed by atoms with Crippen molar-refractivity contribution < 1.29 is 9.90 Å². The first-order valence-corrected chi connectivity index (χ1v) is 7.89. The molecule has 0 saturated heterocycles. The Labute approximate surface area is 109 Å². The zero-order valence-corrected chi connectivity index (χ0v) is 11.8. The van der Waals surface area contributed by atoms with E-state index in [9.17, 15) is 9.90 Å². The normalized spacial score (nSPS) is 18.9. The Morgan fingerprint density at radius 1 is 1.41 bits per heavy atom. The van der Waals surface area contributed by atoms with Crippen LogP contribution in [0.1, 0.15) is 46.0 Å². The number of carbonyl (C=O) groups is 1. The molecule has 1 atom stereocenters. The number of thioether (sulfide) groups is 1. The number of hydrogen-bond acceptors (Lipinski definition) is 3. The van der Waals surface area contributed by atoms with Gasteiger partial charge in [0.1, 0.15) is 5.54 Å². The van der Waals surface area contributed by atoms with E-state index in [4.69, 9.17) is 0 Å². The summed E-state index contributed by atoms with van der Waals surface area (Å²) >= 11 is 1.79. The summed E-state index contributed by atoms with van der Waals surface area (Å²) in [7, 11) is 0. The van der Waals surface area contributed by atoms with Crippen molar-refractivity contribution in [2.24, 2.45) is 5.92 Å². The number of hydrogen-bond donors (Lipinski definition) is 2. The molecule has 3 nitrogen and oxygen atoms in total. The molecule has 0 bridgehead atoms. The number of unbranched alkanes of at least 4 members (excludes halogenated alkanes) is 1. The fraction of sp³-hybridized carbons (Fsp3) is 0.923. The van der Waals surface area contributed by atoms with Crippen LogP contribution >= 0.6 is 11.8 Å². The maximum Gasteiger partial charge on any atom is 0.325 e. The molecule has 0 aromatic heterocycles. The molecule has 100 valence electrons. The smallest absolute Gasteiger partial charge is 0.325 e. The first-order valence-electron chi connectivity index (χ1n) is 6.73. The molecule has 0 aliphatic heterocycles. The van der Waals surface area contributed by atoms with Gasteiger partial charge >= 0.3 is 5.97 Å². The maximum atomic E-state index is 11.6. The average molecular weight is 259 g/mol. The van der Waals surface area contributed by atoms with Crippen LogP contribution in [0.5, 0.6) is 0 Å². The lowest BCUT2D eigenvalue weighted by molar-refractivity contribution is -0.144. The standard InChI is InChI=1S/C13H25NO2S/c1-3-5-9-17-10-13(12(15)16,11-6-7-11)14-8-4-2/h11,14H,3-10H2,1-2H3,(H,15,16). The van der Waals surface area contributed by atoms with Crippen LogP contribution in [0.15, 0.2) is 0 Å². The largest absolute Gasteiger partial charge is 0.480 e. The molecule has 0 amide bonds. The highest BCUT2D eigenvalue weighted by atomic mass is 32.2. The predicted molar refractivity (Wildman–Crippen MR) is 73.6 cm³/mol. The van der Waals surface area contributed by atoms with Crippen LogP contribution in [0.2, 0.25) is 0 Å². The third-order valence-electron chi connectivity index (χ3n) is 3.32. The van der Waals surface area contributed by atoms with Crippen LogP contribution < -0.4 is 5.32 Å². The van der Waals surface area contributed by atoms with Gasteiger partial charge in [-0.1, -0.05) is 20.3 Å². The van der Waals surface area contributed by atoms with Crippen LogP contribution in [0, 0.1) is 5.92 Å². The van der Waals surface area contributed by atoms with E-state index < -0.39 is 11.5 Å². The van der Waals surface area contributed by atoms with Gasteiger partial charge in [-0.25, -0.2) is 0 Å². The number of rotatable bonds is 10. The third kappa shape index (κ3) is 4.18. The van der Waals surface area contributed by atoms with Crippen LogP contribution in [-0.2, 0) is 4.79 Å². The lowest BCUT2D eigenvalue weighted by Crippen LogP contribution is -2.56. The summed E-state index contributed by atoms with van der Waals surface area (Å²) in [6.07, 6.45) is 5.48. The Bertz CT molecular complexity index is 244. The molecule has 1 aliphatic carbocycles. The van der Waals surface area contributed by atoms with Gasteiger partial charge in [-0.3, -0.25) is 4.79 Å². The minimum absolute atomic E-state index is 0.348. The van der Waals surface area contributed by atoms with E-state index >= 15 is 0 Å². The van der Waals surface area contributed by atoms with Crippen LogP contribution in [-0.4, -0.2) is 34.7 Å². The summed E-state index contributed by atoms with van der Waals surface area (Å²) in [5.74, 6) is 1.48. The summed E-state index contributed by atoms with van der Waals surface area (Å²) in [5.41, 5.74) is -0.658. The number of aliphatic carboxylic acids is 1. The Morgan fingerprint density at radius 3 is 2.59 bits per heavy atom. The summed E-state index contributed by atoms with van der Waals surface area (Å²) in [6.45, 7) is 5.05. The molecule has 1 fully saturated rings. The lowest BCUT2D eigenvalue weighted by atomic mass is 9.95. The van der Waals surface area contributed by atoms with Crippen molar-refractivity contribution in [3.63, 3.8) is 0 Å². The van der Waals surface area contributed by atoms with Crippen molar-refractivity contribution in [3.05, 3.63) is 0 Å². The van der Waals surface area contributed by atoms with Crippen molar-refractivity contribution in [1.29, 1.82) is 0 Å². The Morgan fingerprint density at radius 2 is 2.12 bits per heavy atom. The van der Waals surface area contributed by atoms with Crippen molar-refractivity contribution in [3.8, 4) is 0 Å². The van der Waals surface area contributed by atoms with Crippen LogP contribution in [0.3, 0.4) is 0 Å². The molecule has 0 aromatic carbocycles. The van der Waals surface area contributed by atoms with Gasteiger partial charge in [0.05, 0.1) is 0 Å². The van der Waals surface area contributed by atoms with E-state index in [2.05, 4.69) is 19.2 Å². The molecule has 1 aliphatic rings. The van der Waals surface area contributed by atoms with E-state index in [1.165, 1.54) is 12.8 Å². The molecule has 0 radical (unpaired) electrons. The first-order chi connectivity index (χ1) is 8.17. The Kier molecular flexibility index (Phi) is 6.34. The van der Waals surface area contributed by atoms with Crippen molar-refractivity contribution in [1.82, 2.24) is 5.32 Å². The second-order valence-electron chi connectivity index (χ2n) is 4.88. The molecule has 2 N–H and O–H groups in total. The van der Waals surface area contributed by atoms with E-state index in [1.807, 2.05) is 0 Å². The summed E-state index contributed by atoms with van der Waals surface area (Å²) in [5, 5.41) is 12.8. The van der Waals surface area contributed by atoms with E-state index in [-0.39, 0.29) is 0 Å². The van der Waals surface area contributed by atoms with Gasteiger partial charge < -0.3 is 10.4 Å². The molecule has 4 heteroatoms. The van der Waals surface area contributed by atoms with Gasteiger partial charge in [0, 0.05) is 5.75 Å². The van der Waals surface area contributed by atoms with Crippen molar-refractivity contribution >= 4 is 17.7 Å². The lowest BCUT2D eigenvalue weighted by Gasteiger charge is -2.30. The predicted octanol–water partition coefficient (Wildman–Crippen LogP) is 2.75. The second-order valence-corrected chi connectivity index (χ2v) is 5.99. The highest BCUT2D eigenvalue weighted by molar-refractivity contribution is 7.99. The minimum atomic E-state index is -0.658. The molecular weight excluding hydrogens is 234 g/mol. The summed E-state index contributed by atoms with van der Waals surface area (Å²) in [4.78, 5) is 11.6. The SMILES string of the molecule is CCCCSCC(NCCC)(C(=O)O)C1CC1. The molecule has 0 aromatic rings. The van der Waals surface area contributed by atoms with Gasteiger partial charge in [0.2, 0.25) is 0 Å². The Balaban J connectivity index is 2.52. The highest BCUT2D eigenvalue weighted by Gasteiger charge is 2.50.